The molecule has 0 aromatic carbocycles. The number of carbonyl (C=O) groups excluding carboxylic acids is 7. The third-order valence-electron chi connectivity index (χ3n) is 12.5. The van der Waals surface area contributed by atoms with Crippen LogP contribution in [0.25, 0.3) is 0 Å². The van der Waals surface area contributed by atoms with Crippen LogP contribution in [-0.4, -0.2) is 171 Å². The standard InChI is InChI=1S/C47H78N6O18S/c1-46(2,16-17-47(3,4)29-41(60)61)28-38(56)50-30-31-7-9-32(10-8-31)42(62)52-34(45(65)66)11-13-37(55)51-33(12-14-40(58)59)43(63)49-19-6-22-70-24-26-71-25-23-69-21-5-18-48-36(54)15-20-53-39(57)27-35(44(53)64)72(67)68/h31-35,72H,5-30H2,1-4H3,(H,48,54)(H,49,63)(H,50,56)(H,51,55)(H,52,62)(H,58,59)(H,60,61)(H,65,66). The number of carboxylic acids is 3. The lowest BCUT2D eigenvalue weighted by Crippen LogP contribution is -2.48. The molecule has 8 N–H and O–H groups in total. The minimum atomic E-state index is -3.06. The second-order valence-corrected chi connectivity index (χ2v) is 21.1. The van der Waals surface area contributed by atoms with Crippen LogP contribution >= 0.6 is 0 Å². The molecule has 3 atom stereocenters. The smallest absolute Gasteiger partial charge is 0.326 e. The van der Waals surface area contributed by atoms with Crippen molar-refractivity contribution in [2.24, 2.45) is 22.7 Å². The topological polar surface area (TPSA) is 357 Å². The monoisotopic (exact) mass is 1050 g/mol. The molecule has 1 saturated heterocycles. The van der Waals surface area contributed by atoms with Crippen molar-refractivity contribution in [1.82, 2.24) is 31.5 Å². The van der Waals surface area contributed by atoms with Crippen LogP contribution in [0.5, 0.6) is 0 Å². The van der Waals surface area contributed by atoms with E-state index in [9.17, 15) is 66.6 Å². The molecule has 410 valence electrons. The van der Waals surface area contributed by atoms with Gasteiger partial charge in [-0.3, -0.25) is 48.1 Å². The highest BCUT2D eigenvalue weighted by atomic mass is 32.2. The highest BCUT2D eigenvalue weighted by Crippen LogP contribution is 2.35. The van der Waals surface area contributed by atoms with Crippen LogP contribution in [0.1, 0.15) is 130 Å². The number of hydrogen-bond donors (Lipinski definition) is 9. The SMILES string of the molecule is CC(C)(CCC(C)(C)CC(=O)NCC1CCC(C(=O)NC(CCC(=O)NC(CCC(=O)O)C(=O)NCCCOCCOCCOCCCNC(=O)CCN2C(=O)CC([SH](=O)=O)C2=O)C(=O)O)CC1)CC(=O)O. The number of nitrogens with zero attached hydrogens (tertiary/aromatic N) is 1. The average Bonchev–Trinajstić information content (AvgIpc) is 3.59. The van der Waals surface area contributed by atoms with E-state index in [-0.39, 0.29) is 107 Å². The molecule has 25 heteroatoms. The molecule has 1 saturated carbocycles. The summed E-state index contributed by atoms with van der Waals surface area (Å²) in [4.78, 5) is 123. The Morgan fingerprint density at radius 2 is 1.21 bits per heavy atom. The van der Waals surface area contributed by atoms with Gasteiger partial charge in [0.25, 0.3) is 0 Å². The quantitative estimate of drug-likeness (QED) is 0.0231. The van der Waals surface area contributed by atoms with Crippen molar-refractivity contribution in [2.45, 2.75) is 148 Å². The second-order valence-electron chi connectivity index (χ2n) is 19.9. The van der Waals surface area contributed by atoms with Gasteiger partial charge in [-0.15, -0.1) is 0 Å². The Labute approximate surface area is 422 Å². The maximum atomic E-state index is 13.1. The van der Waals surface area contributed by atoms with Crippen molar-refractivity contribution in [3.63, 3.8) is 0 Å². The highest BCUT2D eigenvalue weighted by molar-refractivity contribution is 7.74. The van der Waals surface area contributed by atoms with Crippen LogP contribution < -0.4 is 26.6 Å². The van der Waals surface area contributed by atoms with E-state index in [2.05, 4.69) is 26.6 Å². The summed E-state index contributed by atoms with van der Waals surface area (Å²) in [6.07, 6.45) is 2.99. The van der Waals surface area contributed by atoms with Crippen LogP contribution in [-0.2, 0) is 72.9 Å². The fourth-order valence-electron chi connectivity index (χ4n) is 8.09. The molecule has 72 heavy (non-hydrogen) atoms. The summed E-state index contributed by atoms with van der Waals surface area (Å²) in [5.74, 6) is -7.40. The molecular formula is C47H78N6O18S. The normalized spacial score (nSPS) is 18.0. The molecule has 0 aromatic rings. The van der Waals surface area contributed by atoms with Crippen LogP contribution in [0.15, 0.2) is 0 Å². The van der Waals surface area contributed by atoms with Gasteiger partial charge in [0, 0.05) is 71.0 Å². The van der Waals surface area contributed by atoms with Gasteiger partial charge in [-0.2, -0.15) is 0 Å². The largest absolute Gasteiger partial charge is 0.481 e. The zero-order valence-electron chi connectivity index (χ0n) is 42.1. The van der Waals surface area contributed by atoms with Crippen LogP contribution in [0.2, 0.25) is 0 Å². The van der Waals surface area contributed by atoms with Gasteiger partial charge in [0.1, 0.15) is 17.3 Å². The molecule has 2 aliphatic rings. The zero-order chi connectivity index (χ0) is 53.9. The molecule has 2 rings (SSSR count). The van der Waals surface area contributed by atoms with Gasteiger partial charge in [-0.05, 0) is 81.0 Å². The third kappa shape index (κ3) is 26.4. The van der Waals surface area contributed by atoms with Crippen molar-refractivity contribution in [3.05, 3.63) is 0 Å². The maximum Gasteiger partial charge on any atom is 0.326 e. The summed E-state index contributed by atoms with van der Waals surface area (Å²) < 4.78 is 38.6. The van der Waals surface area contributed by atoms with E-state index in [1.807, 2.05) is 27.7 Å². The number of rotatable bonds is 38. The van der Waals surface area contributed by atoms with E-state index in [1.54, 1.807) is 0 Å². The molecule has 1 aliphatic heterocycles. The second kappa shape index (κ2) is 32.7. The maximum absolute atomic E-state index is 13.1. The fraction of sp³-hybridized carbons (Fsp3) is 0.787. The molecule has 1 heterocycles. The summed E-state index contributed by atoms with van der Waals surface area (Å²) >= 11 is 0. The number of carbonyl (C=O) groups is 10. The van der Waals surface area contributed by atoms with E-state index >= 15 is 0 Å². The average molecular weight is 1050 g/mol. The molecular weight excluding hydrogens is 969 g/mol. The predicted octanol–water partition coefficient (Wildman–Crippen LogP) is 0.497. The number of hydrogen-bond acceptors (Lipinski definition) is 15. The number of likely N-dealkylation sites (tertiary alicyclic amines) is 1. The van der Waals surface area contributed by atoms with Gasteiger partial charge in [0.2, 0.25) is 41.4 Å². The van der Waals surface area contributed by atoms with E-state index < -0.39 is 100 Å². The van der Waals surface area contributed by atoms with Gasteiger partial charge >= 0.3 is 17.9 Å². The summed E-state index contributed by atoms with van der Waals surface area (Å²) in [6.45, 7) is 10.1. The molecule has 7 amide bonds. The third-order valence-corrected chi connectivity index (χ3v) is 13.4. The minimum Gasteiger partial charge on any atom is -0.481 e. The van der Waals surface area contributed by atoms with Gasteiger partial charge in [-0.1, -0.05) is 27.7 Å². The number of amides is 7. The number of thiol groups is 1. The summed E-state index contributed by atoms with van der Waals surface area (Å²) in [5.41, 5.74) is -0.708. The van der Waals surface area contributed by atoms with E-state index in [1.165, 1.54) is 0 Å². The van der Waals surface area contributed by atoms with Gasteiger partial charge in [0.05, 0.1) is 39.3 Å². The minimum absolute atomic E-state index is 0.0499. The Hall–Kier alpha value is -5.27. The first kappa shape index (κ1) is 62.8. The van der Waals surface area contributed by atoms with Crippen LogP contribution in [0.4, 0.5) is 0 Å². The van der Waals surface area contributed by atoms with E-state index in [0.717, 1.165) is 4.90 Å². The predicted molar refractivity (Wildman–Crippen MR) is 257 cm³/mol. The van der Waals surface area contributed by atoms with Crippen molar-refractivity contribution in [2.75, 3.05) is 65.8 Å². The van der Waals surface area contributed by atoms with E-state index in [4.69, 9.17) is 19.3 Å². The highest BCUT2D eigenvalue weighted by Gasteiger charge is 2.40. The molecule has 1 aliphatic carbocycles. The first-order valence-electron chi connectivity index (χ1n) is 24.7. The molecule has 0 spiro atoms. The van der Waals surface area contributed by atoms with Crippen LogP contribution in [0.3, 0.4) is 0 Å². The summed E-state index contributed by atoms with van der Waals surface area (Å²) in [7, 11) is -3.06. The van der Waals surface area contributed by atoms with Crippen molar-refractivity contribution < 1.29 is 85.9 Å². The Morgan fingerprint density at radius 1 is 0.653 bits per heavy atom. The Kier molecular flexibility index (Phi) is 28.6. The Balaban J connectivity index is 1.59. The Bertz CT molecular complexity index is 1910. The lowest BCUT2D eigenvalue weighted by molar-refractivity contribution is -0.143. The lowest BCUT2D eigenvalue weighted by Gasteiger charge is -2.31. The number of carboxylic acid groups (broad SMARTS) is 3. The molecule has 3 unspecified atom stereocenters. The van der Waals surface area contributed by atoms with Gasteiger partial charge in [-0.25, -0.2) is 13.2 Å². The number of ether oxygens (including phenoxy) is 3. The van der Waals surface area contributed by atoms with Crippen molar-refractivity contribution >= 4 is 70.0 Å². The molecule has 0 aromatic heterocycles. The van der Waals surface area contributed by atoms with Crippen molar-refractivity contribution in [1.29, 1.82) is 0 Å². The first-order chi connectivity index (χ1) is 33.9. The molecule has 2 fully saturated rings. The summed E-state index contributed by atoms with van der Waals surface area (Å²) in [6, 6.07) is -2.59. The Morgan fingerprint density at radius 3 is 1.75 bits per heavy atom. The van der Waals surface area contributed by atoms with E-state index in [0.29, 0.717) is 71.1 Å². The summed E-state index contributed by atoms with van der Waals surface area (Å²) in [5, 5.41) is 40.1. The number of imide groups is 1. The number of nitrogens with one attached hydrogen (secondary N) is 5. The number of aliphatic carboxylic acids is 3. The fourth-order valence-corrected chi connectivity index (χ4v) is 8.72. The van der Waals surface area contributed by atoms with Gasteiger partial charge in [0.15, 0.2) is 10.7 Å². The zero-order valence-corrected chi connectivity index (χ0v) is 43.0. The van der Waals surface area contributed by atoms with Gasteiger partial charge < -0.3 is 56.1 Å². The first-order valence-corrected chi connectivity index (χ1v) is 25.9. The molecule has 24 nitrogen and oxygen atoms in total. The molecule has 0 radical (unpaired) electrons. The molecule has 0 bridgehead atoms. The van der Waals surface area contributed by atoms with Crippen molar-refractivity contribution in [3.8, 4) is 0 Å². The van der Waals surface area contributed by atoms with Crippen LogP contribution in [0, 0.1) is 22.7 Å². The lowest BCUT2D eigenvalue weighted by atomic mass is 9.76.